The van der Waals surface area contributed by atoms with Crippen LogP contribution in [0.25, 0.3) is 0 Å². The molecule has 0 radical (unpaired) electrons. The molecule has 0 aliphatic rings. The van der Waals surface area contributed by atoms with Crippen LogP contribution in [0.1, 0.15) is 63.7 Å². The van der Waals surface area contributed by atoms with Crippen LogP contribution < -0.4 is 0 Å². The number of rotatable bonds is 7. The molecule has 0 aromatic heterocycles. The molecule has 1 aromatic carbocycles. The molecule has 0 bridgehead atoms. The Morgan fingerprint density at radius 2 is 1.71 bits per heavy atom. The van der Waals surface area contributed by atoms with Gasteiger partial charge in [0.1, 0.15) is 0 Å². The maximum atomic E-state index is 9.96. The molecule has 0 aliphatic carbocycles. The third-order valence-corrected chi connectivity index (χ3v) is 3.21. The van der Waals surface area contributed by atoms with Gasteiger partial charge in [-0.15, -0.1) is 0 Å². The highest BCUT2D eigenvalue weighted by Gasteiger charge is 2.06. The Bertz CT molecular complexity index is 300. The summed E-state index contributed by atoms with van der Waals surface area (Å²) in [5.41, 5.74) is 2.44. The molecule has 1 rings (SSSR count). The number of unbranched alkanes of at least 4 members (excludes halogenated alkanes) is 1. The van der Waals surface area contributed by atoms with E-state index in [1.54, 1.807) is 0 Å². The van der Waals surface area contributed by atoms with E-state index >= 15 is 0 Å². The van der Waals surface area contributed by atoms with E-state index < -0.39 is 0 Å². The quantitative estimate of drug-likeness (QED) is 0.736. The van der Waals surface area contributed by atoms with E-state index in [0.29, 0.717) is 0 Å². The highest BCUT2D eigenvalue weighted by atomic mass is 16.3. The van der Waals surface area contributed by atoms with Crippen molar-refractivity contribution in [2.24, 2.45) is 5.92 Å². The second-order valence-corrected chi connectivity index (χ2v) is 5.33. The topological polar surface area (TPSA) is 20.2 Å². The zero-order valence-corrected chi connectivity index (χ0v) is 11.4. The normalized spacial score (nSPS) is 13.0. The van der Waals surface area contributed by atoms with Crippen LogP contribution >= 0.6 is 0 Å². The SMILES string of the molecule is CCCCC(O)c1ccc(CCC(C)C)cc1. The smallest absolute Gasteiger partial charge is 0.0790 e. The third-order valence-electron chi connectivity index (χ3n) is 3.21. The zero-order valence-electron chi connectivity index (χ0n) is 11.4. The van der Waals surface area contributed by atoms with Gasteiger partial charge in [-0.1, -0.05) is 57.9 Å². The summed E-state index contributed by atoms with van der Waals surface area (Å²) in [6.45, 7) is 6.66. The van der Waals surface area contributed by atoms with Gasteiger partial charge in [-0.3, -0.25) is 0 Å². The molecule has 0 amide bonds. The molecule has 1 heteroatoms. The number of benzene rings is 1. The van der Waals surface area contributed by atoms with Crippen molar-refractivity contribution in [1.82, 2.24) is 0 Å². The molecule has 0 aliphatic heterocycles. The van der Waals surface area contributed by atoms with Gasteiger partial charge < -0.3 is 5.11 Å². The van der Waals surface area contributed by atoms with Crippen LogP contribution in [0.2, 0.25) is 0 Å². The van der Waals surface area contributed by atoms with Crippen LogP contribution in [0, 0.1) is 5.92 Å². The first-order valence-corrected chi connectivity index (χ1v) is 6.90. The van der Waals surface area contributed by atoms with E-state index in [4.69, 9.17) is 0 Å². The zero-order chi connectivity index (χ0) is 12.7. The summed E-state index contributed by atoms with van der Waals surface area (Å²) >= 11 is 0. The van der Waals surface area contributed by atoms with Gasteiger partial charge in [-0.05, 0) is 36.3 Å². The summed E-state index contributed by atoms with van der Waals surface area (Å²) in [5.74, 6) is 0.754. The molecule has 17 heavy (non-hydrogen) atoms. The second kappa shape index (κ2) is 7.50. The monoisotopic (exact) mass is 234 g/mol. The van der Waals surface area contributed by atoms with Crippen molar-refractivity contribution in [3.8, 4) is 0 Å². The van der Waals surface area contributed by atoms with Crippen molar-refractivity contribution < 1.29 is 5.11 Å². The van der Waals surface area contributed by atoms with Gasteiger partial charge >= 0.3 is 0 Å². The molecule has 0 heterocycles. The largest absolute Gasteiger partial charge is 0.388 e. The predicted molar refractivity (Wildman–Crippen MR) is 74.1 cm³/mol. The van der Waals surface area contributed by atoms with Crippen molar-refractivity contribution >= 4 is 0 Å². The van der Waals surface area contributed by atoms with Gasteiger partial charge in [0.2, 0.25) is 0 Å². The van der Waals surface area contributed by atoms with Crippen LogP contribution in [0.3, 0.4) is 0 Å². The lowest BCUT2D eigenvalue weighted by Gasteiger charge is -2.11. The fraction of sp³-hybridized carbons (Fsp3) is 0.625. The molecular weight excluding hydrogens is 208 g/mol. The molecule has 1 atom stereocenters. The molecule has 1 unspecified atom stereocenters. The van der Waals surface area contributed by atoms with E-state index in [9.17, 15) is 5.11 Å². The average Bonchev–Trinajstić information content (AvgIpc) is 2.34. The summed E-state index contributed by atoms with van der Waals surface area (Å²) in [6.07, 6.45) is 5.21. The van der Waals surface area contributed by atoms with Crippen LogP contribution in [-0.4, -0.2) is 5.11 Å². The Labute approximate surface area is 106 Å². The van der Waals surface area contributed by atoms with E-state index in [0.717, 1.165) is 37.2 Å². The predicted octanol–water partition coefficient (Wildman–Crippen LogP) is 4.50. The number of aryl methyl sites for hydroxylation is 1. The van der Waals surface area contributed by atoms with Gasteiger partial charge in [-0.2, -0.15) is 0 Å². The molecular formula is C16H26O. The van der Waals surface area contributed by atoms with Crippen molar-refractivity contribution in [2.75, 3.05) is 0 Å². The van der Waals surface area contributed by atoms with E-state index in [1.807, 2.05) is 0 Å². The van der Waals surface area contributed by atoms with Crippen LogP contribution in [0.4, 0.5) is 0 Å². The highest BCUT2D eigenvalue weighted by Crippen LogP contribution is 2.20. The first kappa shape index (κ1) is 14.2. The molecule has 0 saturated carbocycles. The van der Waals surface area contributed by atoms with Crippen LogP contribution in [0.15, 0.2) is 24.3 Å². The van der Waals surface area contributed by atoms with Crippen molar-refractivity contribution in [2.45, 2.75) is 59.0 Å². The molecule has 0 spiro atoms. The Morgan fingerprint density at radius 3 is 2.24 bits per heavy atom. The Balaban J connectivity index is 2.49. The molecule has 1 aromatic rings. The minimum Gasteiger partial charge on any atom is -0.388 e. The molecule has 0 fully saturated rings. The maximum absolute atomic E-state index is 9.96. The fourth-order valence-electron chi connectivity index (χ4n) is 1.93. The van der Waals surface area contributed by atoms with Gasteiger partial charge in [0.15, 0.2) is 0 Å². The molecule has 0 saturated heterocycles. The fourth-order valence-corrected chi connectivity index (χ4v) is 1.93. The highest BCUT2D eigenvalue weighted by molar-refractivity contribution is 5.24. The lowest BCUT2D eigenvalue weighted by atomic mass is 9.99. The van der Waals surface area contributed by atoms with Gasteiger partial charge in [0.05, 0.1) is 6.10 Å². The first-order chi connectivity index (χ1) is 8.13. The maximum Gasteiger partial charge on any atom is 0.0790 e. The summed E-state index contributed by atoms with van der Waals surface area (Å²) in [5, 5.41) is 9.96. The van der Waals surface area contributed by atoms with Gasteiger partial charge in [0, 0.05) is 0 Å². The minimum atomic E-state index is -0.283. The summed E-state index contributed by atoms with van der Waals surface area (Å²) in [4.78, 5) is 0. The third kappa shape index (κ3) is 5.36. The number of aliphatic hydroxyl groups is 1. The lowest BCUT2D eigenvalue weighted by molar-refractivity contribution is 0.164. The summed E-state index contributed by atoms with van der Waals surface area (Å²) < 4.78 is 0. The molecule has 1 nitrogen and oxygen atoms in total. The summed E-state index contributed by atoms with van der Waals surface area (Å²) in [6, 6.07) is 8.48. The average molecular weight is 234 g/mol. The van der Waals surface area contributed by atoms with Crippen molar-refractivity contribution in [1.29, 1.82) is 0 Å². The second-order valence-electron chi connectivity index (χ2n) is 5.33. The van der Waals surface area contributed by atoms with E-state index in [2.05, 4.69) is 45.0 Å². The van der Waals surface area contributed by atoms with Crippen molar-refractivity contribution in [3.63, 3.8) is 0 Å². The first-order valence-electron chi connectivity index (χ1n) is 6.90. The van der Waals surface area contributed by atoms with Crippen molar-refractivity contribution in [3.05, 3.63) is 35.4 Å². The Hall–Kier alpha value is -0.820. The number of hydrogen-bond donors (Lipinski definition) is 1. The minimum absolute atomic E-state index is 0.283. The summed E-state index contributed by atoms with van der Waals surface area (Å²) in [7, 11) is 0. The lowest BCUT2D eigenvalue weighted by Crippen LogP contribution is -1.98. The van der Waals surface area contributed by atoms with Gasteiger partial charge in [-0.25, -0.2) is 0 Å². The van der Waals surface area contributed by atoms with E-state index in [1.165, 1.54) is 12.0 Å². The van der Waals surface area contributed by atoms with Crippen LogP contribution in [0.5, 0.6) is 0 Å². The van der Waals surface area contributed by atoms with Gasteiger partial charge in [0.25, 0.3) is 0 Å². The van der Waals surface area contributed by atoms with Crippen LogP contribution in [-0.2, 0) is 6.42 Å². The Kier molecular flexibility index (Phi) is 6.28. The Morgan fingerprint density at radius 1 is 1.06 bits per heavy atom. The molecule has 1 N–H and O–H groups in total. The number of hydrogen-bond acceptors (Lipinski definition) is 1. The van der Waals surface area contributed by atoms with E-state index in [-0.39, 0.29) is 6.10 Å². The molecule has 96 valence electrons. The standard InChI is InChI=1S/C16H26O/c1-4-5-6-16(17)15-11-9-14(10-12-15)8-7-13(2)3/h9-13,16-17H,4-8H2,1-3H3. The number of aliphatic hydroxyl groups excluding tert-OH is 1.